The molecule has 3 aromatic heterocycles. The highest BCUT2D eigenvalue weighted by atomic mass is 19.1. The van der Waals surface area contributed by atoms with Gasteiger partial charge in [0.25, 0.3) is 0 Å². The second-order valence-electron chi connectivity index (χ2n) is 6.36. The fourth-order valence-electron chi connectivity index (χ4n) is 3.12. The summed E-state index contributed by atoms with van der Waals surface area (Å²) in [6, 6.07) is 0. The minimum absolute atomic E-state index is 0.0423. The molecule has 0 aliphatic carbocycles. The van der Waals surface area contributed by atoms with Crippen LogP contribution in [0.5, 0.6) is 0 Å². The van der Waals surface area contributed by atoms with Crippen LogP contribution in [0.25, 0.3) is 11.2 Å². The Labute approximate surface area is 157 Å². The molecule has 4 heterocycles. The van der Waals surface area contributed by atoms with E-state index in [0.717, 1.165) is 0 Å². The summed E-state index contributed by atoms with van der Waals surface area (Å²) < 4.78 is 31.1. The molecule has 2 N–H and O–H groups in total. The molecule has 2 atom stereocenters. The molecule has 0 amide bonds. The van der Waals surface area contributed by atoms with E-state index in [1.807, 2.05) is 0 Å². The van der Waals surface area contributed by atoms with Gasteiger partial charge in [0.1, 0.15) is 12.0 Å². The Hall–Kier alpha value is -3.23. The molecule has 0 spiro atoms. The maximum atomic E-state index is 14.0. The number of nitrogens with zero attached hydrogens (tertiary/aromatic N) is 4. The Bertz CT molecular complexity index is 1130. The smallest absolute Gasteiger partial charge is 0.396 e. The highest BCUT2D eigenvalue weighted by Gasteiger charge is 2.39. The summed E-state index contributed by atoms with van der Waals surface area (Å²) in [6.45, 7) is 1.29. The summed E-state index contributed by atoms with van der Waals surface area (Å²) in [7, 11) is 0. The molecule has 4 rings (SSSR count). The molecule has 146 valence electrons. The largest absolute Gasteiger partial charge is 0.519 e. The van der Waals surface area contributed by atoms with Gasteiger partial charge in [-0.05, 0) is 19.8 Å². The molecular weight excluding hydrogens is 373 g/mol. The summed E-state index contributed by atoms with van der Waals surface area (Å²) in [5, 5.41) is 12.4. The molecule has 1 aliphatic rings. The Kier molecular flexibility index (Phi) is 4.37. The van der Waals surface area contributed by atoms with Gasteiger partial charge < -0.3 is 24.0 Å². The van der Waals surface area contributed by atoms with Gasteiger partial charge in [0.2, 0.25) is 0 Å². The lowest BCUT2D eigenvalue weighted by Gasteiger charge is -2.21. The van der Waals surface area contributed by atoms with Gasteiger partial charge in [0.05, 0.1) is 19.5 Å². The minimum atomic E-state index is -1.08. The fourth-order valence-corrected chi connectivity index (χ4v) is 3.12. The van der Waals surface area contributed by atoms with Crippen molar-refractivity contribution in [3.63, 3.8) is 0 Å². The van der Waals surface area contributed by atoms with Crippen molar-refractivity contribution in [2.75, 3.05) is 11.9 Å². The van der Waals surface area contributed by atoms with Crippen LogP contribution in [0, 0.1) is 25.3 Å². The minimum Gasteiger partial charge on any atom is -0.396 e. The first-order valence-corrected chi connectivity index (χ1v) is 8.44. The van der Waals surface area contributed by atoms with Crippen molar-refractivity contribution < 1.29 is 23.1 Å². The number of imidazole rings is 1. The number of halogens is 1. The third-order valence-corrected chi connectivity index (χ3v) is 4.63. The first-order chi connectivity index (χ1) is 13.4. The normalized spacial score (nSPS) is 21.9. The molecule has 1 fully saturated rings. The van der Waals surface area contributed by atoms with E-state index in [0.29, 0.717) is 24.1 Å². The molecule has 10 nitrogen and oxygen atoms in total. The number of aliphatic hydroxyl groups excluding tert-OH is 1. The molecule has 28 heavy (non-hydrogen) atoms. The average Bonchev–Trinajstić information content (AvgIpc) is 3.36. The monoisotopic (exact) mass is 389 g/mol. The number of aryl methyl sites for hydroxylation is 1. The number of ether oxygens (including phenoxy) is 1. The molecule has 3 aromatic rings. The van der Waals surface area contributed by atoms with Crippen LogP contribution in [0.2, 0.25) is 0 Å². The van der Waals surface area contributed by atoms with E-state index in [1.165, 1.54) is 6.33 Å². The zero-order valence-electron chi connectivity index (χ0n) is 14.8. The van der Waals surface area contributed by atoms with E-state index in [9.17, 15) is 14.3 Å². The molecular formula is C17H16FN5O5. The van der Waals surface area contributed by atoms with Gasteiger partial charge in [-0.1, -0.05) is 5.92 Å². The first-order valence-electron chi connectivity index (χ1n) is 8.44. The third-order valence-electron chi connectivity index (χ3n) is 4.63. The predicted molar refractivity (Wildman–Crippen MR) is 92.6 cm³/mol. The standard InChI is InChI=1S/C17H16FN5O5/c1-3-17(7-24)5-4-11(28-17)23-8-20-12-13(21-15(18)22-14(12)23)19-6-10-9(2)26-16(25)27-10/h1,8,11,24H,4-7H2,2H3,(H,19,21,22)/t11-,17+/m1/s1. The zero-order chi connectivity index (χ0) is 19.9. The SMILES string of the molecule is C#C[C@@]1(CO)CC[C@H](n2cnc3c(NCc4oc(=O)oc4C)nc(F)nc32)O1. The van der Waals surface area contributed by atoms with Crippen LogP contribution in [0.15, 0.2) is 20.0 Å². The number of anilines is 1. The predicted octanol–water partition coefficient (Wildman–Crippen LogP) is 1.11. The van der Waals surface area contributed by atoms with Crippen LogP contribution in [0.4, 0.5) is 10.2 Å². The molecule has 0 aromatic carbocycles. The molecule has 0 radical (unpaired) electrons. The molecule has 11 heteroatoms. The van der Waals surface area contributed by atoms with Crippen LogP contribution >= 0.6 is 0 Å². The molecule has 0 unspecified atom stereocenters. The Morgan fingerprint density at radius 2 is 2.32 bits per heavy atom. The van der Waals surface area contributed by atoms with Crippen LogP contribution in [0.3, 0.4) is 0 Å². The number of terminal acetylenes is 1. The van der Waals surface area contributed by atoms with Gasteiger partial charge in [-0.3, -0.25) is 4.57 Å². The van der Waals surface area contributed by atoms with E-state index in [1.54, 1.807) is 11.5 Å². The topological polar surface area (TPSA) is 128 Å². The quantitative estimate of drug-likeness (QED) is 0.487. The summed E-state index contributed by atoms with van der Waals surface area (Å²) in [6.07, 6.45) is 6.35. The number of aliphatic hydroxyl groups is 1. The number of fused-ring (bicyclic) bond motifs is 1. The van der Waals surface area contributed by atoms with Crippen LogP contribution in [0.1, 0.15) is 30.6 Å². The number of hydrogen-bond donors (Lipinski definition) is 2. The lowest BCUT2D eigenvalue weighted by molar-refractivity contribution is -0.0618. The number of nitrogens with one attached hydrogen (secondary N) is 1. The lowest BCUT2D eigenvalue weighted by Crippen LogP contribution is -2.31. The van der Waals surface area contributed by atoms with Gasteiger partial charge in [0, 0.05) is 0 Å². The molecule has 0 bridgehead atoms. The first kappa shape index (κ1) is 18.1. The Morgan fingerprint density at radius 1 is 1.50 bits per heavy atom. The second-order valence-corrected chi connectivity index (χ2v) is 6.36. The van der Waals surface area contributed by atoms with E-state index in [4.69, 9.17) is 20.0 Å². The Morgan fingerprint density at radius 3 is 2.96 bits per heavy atom. The number of hydrogen-bond acceptors (Lipinski definition) is 9. The number of aromatic nitrogens is 4. The lowest BCUT2D eigenvalue weighted by atomic mass is 10.0. The van der Waals surface area contributed by atoms with Gasteiger partial charge >= 0.3 is 11.9 Å². The third kappa shape index (κ3) is 3.02. The number of rotatable bonds is 5. The fraction of sp³-hybridized carbons (Fsp3) is 0.412. The van der Waals surface area contributed by atoms with Crippen molar-refractivity contribution in [3.05, 3.63) is 34.5 Å². The van der Waals surface area contributed by atoms with Gasteiger partial charge in [-0.25, -0.2) is 9.78 Å². The van der Waals surface area contributed by atoms with Crippen LogP contribution in [-0.4, -0.2) is 36.8 Å². The summed E-state index contributed by atoms with van der Waals surface area (Å²) in [5.74, 6) is 2.33. The highest BCUT2D eigenvalue weighted by Crippen LogP contribution is 2.37. The zero-order valence-corrected chi connectivity index (χ0v) is 14.8. The van der Waals surface area contributed by atoms with Gasteiger partial charge in [0.15, 0.2) is 28.3 Å². The van der Waals surface area contributed by atoms with Crippen LogP contribution < -0.4 is 11.1 Å². The van der Waals surface area contributed by atoms with Gasteiger partial charge in [-0.2, -0.15) is 14.4 Å². The van der Waals surface area contributed by atoms with E-state index >= 15 is 0 Å². The Balaban J connectivity index is 1.65. The van der Waals surface area contributed by atoms with Crippen molar-refractivity contribution in [3.8, 4) is 12.3 Å². The van der Waals surface area contributed by atoms with Crippen molar-refractivity contribution in [2.45, 2.75) is 38.1 Å². The van der Waals surface area contributed by atoms with E-state index in [2.05, 4.69) is 26.2 Å². The maximum absolute atomic E-state index is 14.0. The molecule has 0 saturated carbocycles. The van der Waals surface area contributed by atoms with Crippen molar-refractivity contribution in [2.24, 2.45) is 0 Å². The van der Waals surface area contributed by atoms with Crippen molar-refractivity contribution in [1.82, 2.24) is 19.5 Å². The van der Waals surface area contributed by atoms with E-state index in [-0.39, 0.29) is 30.4 Å². The van der Waals surface area contributed by atoms with E-state index < -0.39 is 23.7 Å². The van der Waals surface area contributed by atoms with Crippen LogP contribution in [-0.2, 0) is 11.3 Å². The summed E-state index contributed by atoms with van der Waals surface area (Å²) in [5.41, 5.74) is -0.573. The molecule has 1 aliphatic heterocycles. The summed E-state index contributed by atoms with van der Waals surface area (Å²) >= 11 is 0. The van der Waals surface area contributed by atoms with Crippen molar-refractivity contribution in [1.29, 1.82) is 0 Å². The van der Waals surface area contributed by atoms with Gasteiger partial charge in [-0.15, -0.1) is 6.42 Å². The summed E-state index contributed by atoms with van der Waals surface area (Å²) in [4.78, 5) is 22.9. The maximum Gasteiger partial charge on any atom is 0.519 e. The molecule has 1 saturated heterocycles. The average molecular weight is 389 g/mol. The van der Waals surface area contributed by atoms with Crippen molar-refractivity contribution >= 4 is 17.0 Å². The highest BCUT2D eigenvalue weighted by molar-refractivity contribution is 5.82. The second kappa shape index (κ2) is 6.74.